The smallest absolute Gasteiger partial charge is 0.417 e. The number of piperazine rings is 1. The molecular formula is C25H30F3N4O3-. The van der Waals surface area contributed by atoms with Crippen molar-refractivity contribution in [3.8, 4) is 0 Å². The van der Waals surface area contributed by atoms with Crippen molar-refractivity contribution in [3.63, 3.8) is 0 Å². The van der Waals surface area contributed by atoms with Crippen LogP contribution in [0.25, 0.3) is 5.32 Å². The molecule has 2 fully saturated rings. The number of hydrogen-bond donors (Lipinski definition) is 1. The minimum atomic E-state index is -4.59. The van der Waals surface area contributed by atoms with Crippen molar-refractivity contribution in [1.82, 2.24) is 9.88 Å². The van der Waals surface area contributed by atoms with Crippen LogP contribution >= 0.6 is 0 Å². The quantitative estimate of drug-likeness (QED) is 0.644. The van der Waals surface area contributed by atoms with Crippen molar-refractivity contribution in [1.29, 1.82) is 0 Å². The summed E-state index contributed by atoms with van der Waals surface area (Å²) in [6.45, 7) is 1.33. The summed E-state index contributed by atoms with van der Waals surface area (Å²) in [5.74, 6) is -1.78. The lowest BCUT2D eigenvalue weighted by Crippen LogP contribution is -2.49. The van der Waals surface area contributed by atoms with Gasteiger partial charge in [-0.3, -0.25) is 4.79 Å². The van der Waals surface area contributed by atoms with E-state index in [1.807, 2.05) is 11.9 Å². The molecular weight excluding hydrogens is 461 g/mol. The fourth-order valence-corrected chi connectivity index (χ4v) is 4.29. The highest BCUT2D eigenvalue weighted by Crippen LogP contribution is 2.32. The highest BCUT2D eigenvalue weighted by Gasteiger charge is 2.36. The van der Waals surface area contributed by atoms with E-state index in [0.29, 0.717) is 24.8 Å². The van der Waals surface area contributed by atoms with Crippen molar-refractivity contribution in [2.24, 2.45) is 0 Å². The van der Waals surface area contributed by atoms with E-state index in [9.17, 15) is 22.8 Å². The van der Waals surface area contributed by atoms with Gasteiger partial charge in [0, 0.05) is 26.2 Å². The van der Waals surface area contributed by atoms with Gasteiger partial charge in [-0.2, -0.15) is 20.2 Å². The van der Waals surface area contributed by atoms with Crippen LogP contribution in [0.4, 0.5) is 18.9 Å². The van der Waals surface area contributed by atoms with Gasteiger partial charge in [0.2, 0.25) is 0 Å². The molecule has 4 rings (SSSR count). The van der Waals surface area contributed by atoms with E-state index in [-0.39, 0.29) is 24.3 Å². The minimum absolute atomic E-state index is 0.0729. The molecule has 1 saturated heterocycles. The van der Waals surface area contributed by atoms with Crippen LogP contribution in [0.2, 0.25) is 0 Å². The third-order valence-electron chi connectivity index (χ3n) is 6.30. The minimum Gasteiger partial charge on any atom is -0.662 e. The molecule has 1 aliphatic heterocycles. The molecule has 0 unspecified atom stereocenters. The Kier molecular flexibility index (Phi) is 9.08. The summed E-state index contributed by atoms with van der Waals surface area (Å²) in [7, 11) is 1.94. The number of carboxylic acid groups (broad SMARTS) is 1. The molecule has 1 aromatic carbocycles. The van der Waals surface area contributed by atoms with E-state index in [1.54, 1.807) is 6.07 Å². The van der Waals surface area contributed by atoms with Crippen LogP contribution in [0.3, 0.4) is 0 Å². The molecule has 1 aliphatic carbocycles. The van der Waals surface area contributed by atoms with Gasteiger partial charge in [0.05, 0.1) is 23.0 Å². The van der Waals surface area contributed by atoms with E-state index in [1.165, 1.54) is 67.5 Å². The zero-order valence-corrected chi connectivity index (χ0v) is 19.7. The molecule has 10 heteroatoms. The number of halogens is 3. The fraction of sp³-hybridized carbons (Fsp3) is 0.480. The van der Waals surface area contributed by atoms with Crippen LogP contribution < -0.4 is 4.90 Å². The van der Waals surface area contributed by atoms with Crippen molar-refractivity contribution >= 4 is 17.6 Å². The molecule has 0 bridgehead atoms. The number of carbonyl (C=O) groups excluding carboxylic acids is 1. The molecule has 1 N–H and O–H groups in total. The first kappa shape index (κ1) is 26.5. The van der Waals surface area contributed by atoms with Crippen LogP contribution in [0.15, 0.2) is 42.6 Å². The number of anilines is 1. The van der Waals surface area contributed by atoms with E-state index in [0.717, 1.165) is 6.07 Å². The monoisotopic (exact) mass is 491 g/mol. The van der Waals surface area contributed by atoms with Gasteiger partial charge in [-0.1, -0.05) is 44.2 Å². The maximum atomic E-state index is 13.1. The van der Waals surface area contributed by atoms with Crippen LogP contribution in [0, 0.1) is 0 Å². The normalized spacial score (nSPS) is 16.9. The number of carbonyl (C=O) groups is 2. The highest BCUT2D eigenvalue weighted by atomic mass is 19.4. The Morgan fingerprint density at radius 3 is 2.17 bits per heavy atom. The Hall–Kier alpha value is -3.14. The zero-order chi connectivity index (χ0) is 25.4. The van der Waals surface area contributed by atoms with Crippen molar-refractivity contribution in [2.45, 2.75) is 44.3 Å². The number of benzene rings is 1. The standard InChI is InChI=1S/C18H16F3N3O3.C7H14N/c19-18(20,21)14-4-2-1-3-13(14)16(25)24-9-7-23(8-10-24)12-5-6-15(17(26)27)22-11-12;1-8-7-5-3-2-4-6-7/h1-6,11H,7-10H2,(H,26,27);7H,2-6H2,1H3/q;-1. The van der Waals surface area contributed by atoms with Gasteiger partial charge >= 0.3 is 12.1 Å². The number of amides is 1. The van der Waals surface area contributed by atoms with Gasteiger partial charge in [-0.25, -0.2) is 9.78 Å². The summed E-state index contributed by atoms with van der Waals surface area (Å²) in [5, 5.41) is 13.1. The molecule has 35 heavy (non-hydrogen) atoms. The largest absolute Gasteiger partial charge is 0.662 e. The predicted octanol–water partition coefficient (Wildman–Crippen LogP) is 5.08. The molecule has 190 valence electrons. The number of alkyl halides is 3. The second kappa shape index (κ2) is 12.0. The summed E-state index contributed by atoms with van der Waals surface area (Å²) in [6, 6.07) is 8.47. The first-order chi connectivity index (χ1) is 16.7. The number of rotatable bonds is 4. The third kappa shape index (κ3) is 7.17. The first-order valence-corrected chi connectivity index (χ1v) is 11.7. The summed E-state index contributed by atoms with van der Waals surface area (Å²) in [5.41, 5.74) is -0.670. The van der Waals surface area contributed by atoms with Crippen molar-refractivity contribution in [3.05, 3.63) is 64.7 Å². The van der Waals surface area contributed by atoms with E-state index in [2.05, 4.69) is 10.3 Å². The van der Waals surface area contributed by atoms with E-state index in [4.69, 9.17) is 5.11 Å². The molecule has 2 aliphatic rings. The average Bonchev–Trinajstić information content (AvgIpc) is 2.89. The van der Waals surface area contributed by atoms with Gasteiger partial charge in [0.25, 0.3) is 5.91 Å². The number of aromatic carboxylic acids is 1. The Labute approximate surface area is 202 Å². The topological polar surface area (TPSA) is 87.8 Å². The van der Waals surface area contributed by atoms with Gasteiger partial charge < -0.3 is 20.2 Å². The molecule has 2 heterocycles. The Morgan fingerprint density at radius 1 is 1.00 bits per heavy atom. The van der Waals surface area contributed by atoms with Gasteiger partial charge in [0.15, 0.2) is 0 Å². The lowest BCUT2D eigenvalue weighted by molar-refractivity contribution is -0.138. The molecule has 1 amide bonds. The Bertz CT molecular complexity index is 984. The second-order valence-electron chi connectivity index (χ2n) is 8.58. The number of pyridine rings is 1. The van der Waals surface area contributed by atoms with Crippen LogP contribution in [-0.2, 0) is 6.18 Å². The number of hydrogen-bond acceptors (Lipinski definition) is 4. The first-order valence-electron chi connectivity index (χ1n) is 11.7. The molecule has 1 aromatic heterocycles. The Balaban J connectivity index is 0.000000363. The van der Waals surface area contributed by atoms with E-state index < -0.39 is 23.6 Å². The molecule has 0 spiro atoms. The maximum Gasteiger partial charge on any atom is 0.417 e. The zero-order valence-electron chi connectivity index (χ0n) is 19.7. The third-order valence-corrected chi connectivity index (χ3v) is 6.30. The van der Waals surface area contributed by atoms with Gasteiger partial charge in [0.1, 0.15) is 5.69 Å². The predicted molar refractivity (Wildman–Crippen MR) is 127 cm³/mol. The lowest BCUT2D eigenvalue weighted by atomic mass is 9.96. The van der Waals surface area contributed by atoms with E-state index >= 15 is 0 Å². The molecule has 7 nitrogen and oxygen atoms in total. The highest BCUT2D eigenvalue weighted by molar-refractivity contribution is 5.96. The summed E-state index contributed by atoms with van der Waals surface area (Å²) in [6.07, 6.45) is 3.77. The fourth-order valence-electron chi connectivity index (χ4n) is 4.29. The van der Waals surface area contributed by atoms with Crippen LogP contribution in [0.5, 0.6) is 0 Å². The maximum absolute atomic E-state index is 13.1. The summed E-state index contributed by atoms with van der Waals surface area (Å²) < 4.78 is 39.4. The van der Waals surface area contributed by atoms with Crippen molar-refractivity contribution in [2.75, 3.05) is 38.1 Å². The van der Waals surface area contributed by atoms with Crippen LogP contribution in [0.1, 0.15) is 58.5 Å². The van der Waals surface area contributed by atoms with Gasteiger partial charge in [-0.15, -0.1) is 6.04 Å². The molecule has 1 saturated carbocycles. The Morgan fingerprint density at radius 2 is 1.66 bits per heavy atom. The SMILES string of the molecule is C[N-]C1CCCCC1.O=C(O)c1ccc(N2CCN(C(=O)c3ccccc3C(F)(F)F)CC2)cn1. The molecule has 2 aromatic rings. The number of carboxylic acids is 1. The number of aromatic nitrogens is 1. The lowest BCUT2D eigenvalue weighted by Gasteiger charge is -2.36. The van der Waals surface area contributed by atoms with Crippen molar-refractivity contribution < 1.29 is 27.9 Å². The van der Waals surface area contributed by atoms with Gasteiger partial charge in [-0.05, 0) is 24.3 Å². The second-order valence-corrected chi connectivity index (χ2v) is 8.58. The summed E-state index contributed by atoms with van der Waals surface area (Å²) in [4.78, 5) is 30.5. The summed E-state index contributed by atoms with van der Waals surface area (Å²) >= 11 is 0. The molecule has 0 atom stereocenters. The number of nitrogens with zero attached hydrogens (tertiary/aromatic N) is 4. The molecule has 0 radical (unpaired) electrons. The van der Waals surface area contributed by atoms with Crippen LogP contribution in [-0.4, -0.2) is 66.1 Å². The average molecular weight is 492 g/mol.